The summed E-state index contributed by atoms with van der Waals surface area (Å²) in [5, 5.41) is 0. The van der Waals surface area contributed by atoms with E-state index in [-0.39, 0.29) is 6.09 Å². The van der Waals surface area contributed by atoms with E-state index in [9.17, 15) is 4.79 Å². The molecule has 2 rings (SSSR count). The maximum atomic E-state index is 11.6. The van der Waals surface area contributed by atoms with Crippen molar-refractivity contribution in [3.05, 3.63) is 46.7 Å². The standard InChI is InChI=1S/C16H21NO2/c1-11(2)14-7-5-6-12-8-9-13(10-15(12)14)19-16(18)17(3)4/h5-7,9,11H,8,10H2,1-4H3. The number of carbonyl (C=O) groups excluding carboxylic acids is 1. The molecule has 1 aliphatic rings. The molecule has 0 saturated heterocycles. The van der Waals surface area contributed by atoms with Crippen molar-refractivity contribution in [2.45, 2.75) is 32.6 Å². The first-order chi connectivity index (χ1) is 8.99. The van der Waals surface area contributed by atoms with Crippen LogP contribution in [-0.4, -0.2) is 25.1 Å². The molecule has 0 fully saturated rings. The predicted octanol–water partition coefficient (Wildman–Crippen LogP) is 3.49. The van der Waals surface area contributed by atoms with Gasteiger partial charge in [-0.3, -0.25) is 0 Å². The first-order valence-electron chi connectivity index (χ1n) is 6.68. The molecule has 0 radical (unpaired) electrons. The summed E-state index contributed by atoms with van der Waals surface area (Å²) in [5.41, 5.74) is 4.02. The van der Waals surface area contributed by atoms with E-state index in [0.717, 1.165) is 12.2 Å². The molecular formula is C16H21NO2. The summed E-state index contributed by atoms with van der Waals surface area (Å²) in [4.78, 5) is 13.1. The Hall–Kier alpha value is -1.77. The number of hydrogen-bond acceptors (Lipinski definition) is 2. The van der Waals surface area contributed by atoms with E-state index in [1.807, 2.05) is 6.08 Å². The molecule has 0 heterocycles. The molecular weight excluding hydrogens is 238 g/mol. The number of allylic oxidation sites excluding steroid dienone is 2. The van der Waals surface area contributed by atoms with Gasteiger partial charge in [-0.2, -0.15) is 0 Å². The lowest BCUT2D eigenvalue weighted by Crippen LogP contribution is -2.24. The summed E-state index contributed by atoms with van der Waals surface area (Å²) >= 11 is 0. The van der Waals surface area contributed by atoms with Crippen LogP contribution in [0.4, 0.5) is 4.79 Å². The molecule has 0 aliphatic heterocycles. The van der Waals surface area contributed by atoms with E-state index in [0.29, 0.717) is 12.3 Å². The van der Waals surface area contributed by atoms with Gasteiger partial charge in [-0.15, -0.1) is 0 Å². The van der Waals surface area contributed by atoms with Gasteiger partial charge in [0.2, 0.25) is 0 Å². The number of fused-ring (bicyclic) bond motifs is 1. The monoisotopic (exact) mass is 259 g/mol. The molecule has 0 bridgehead atoms. The van der Waals surface area contributed by atoms with E-state index in [1.54, 1.807) is 14.1 Å². The van der Waals surface area contributed by atoms with Gasteiger partial charge < -0.3 is 9.64 Å². The van der Waals surface area contributed by atoms with Crippen molar-refractivity contribution in [1.82, 2.24) is 4.90 Å². The van der Waals surface area contributed by atoms with Crippen molar-refractivity contribution in [2.75, 3.05) is 14.1 Å². The highest BCUT2D eigenvalue weighted by Gasteiger charge is 2.19. The van der Waals surface area contributed by atoms with Crippen molar-refractivity contribution in [2.24, 2.45) is 0 Å². The third-order valence-electron chi connectivity index (χ3n) is 3.42. The van der Waals surface area contributed by atoms with E-state index in [4.69, 9.17) is 4.74 Å². The molecule has 1 aliphatic carbocycles. The van der Waals surface area contributed by atoms with E-state index < -0.39 is 0 Å². The first kappa shape index (κ1) is 13.7. The minimum Gasteiger partial charge on any atom is -0.415 e. The zero-order chi connectivity index (χ0) is 14.0. The fourth-order valence-electron chi connectivity index (χ4n) is 2.35. The number of rotatable bonds is 2. The normalized spacial score (nSPS) is 13.8. The van der Waals surface area contributed by atoms with Gasteiger partial charge in [0.05, 0.1) is 0 Å². The smallest absolute Gasteiger partial charge is 0.414 e. The fourth-order valence-corrected chi connectivity index (χ4v) is 2.35. The van der Waals surface area contributed by atoms with Crippen molar-refractivity contribution in [3.63, 3.8) is 0 Å². The van der Waals surface area contributed by atoms with E-state index >= 15 is 0 Å². The molecule has 0 unspecified atom stereocenters. The maximum Gasteiger partial charge on any atom is 0.414 e. The molecule has 1 amide bonds. The van der Waals surface area contributed by atoms with Gasteiger partial charge in [-0.05, 0) is 35.1 Å². The van der Waals surface area contributed by atoms with Crippen LogP contribution in [0.25, 0.3) is 0 Å². The lowest BCUT2D eigenvalue weighted by atomic mass is 9.87. The lowest BCUT2D eigenvalue weighted by Gasteiger charge is -2.22. The lowest BCUT2D eigenvalue weighted by molar-refractivity contribution is 0.144. The molecule has 102 valence electrons. The zero-order valence-corrected chi connectivity index (χ0v) is 12.1. The number of ether oxygens (including phenoxy) is 1. The Labute approximate surface area is 114 Å². The van der Waals surface area contributed by atoms with Crippen LogP contribution in [-0.2, 0) is 17.6 Å². The largest absolute Gasteiger partial charge is 0.415 e. The van der Waals surface area contributed by atoms with Gasteiger partial charge in [0.15, 0.2) is 0 Å². The number of carbonyl (C=O) groups is 1. The van der Waals surface area contributed by atoms with Gasteiger partial charge in [0, 0.05) is 20.5 Å². The van der Waals surface area contributed by atoms with Gasteiger partial charge in [0.1, 0.15) is 5.76 Å². The molecule has 1 aromatic carbocycles. The third-order valence-corrected chi connectivity index (χ3v) is 3.42. The second-order valence-corrected chi connectivity index (χ2v) is 5.45. The summed E-state index contributed by atoms with van der Waals surface area (Å²) in [5.74, 6) is 1.25. The van der Waals surface area contributed by atoms with Crippen LogP contribution in [0.3, 0.4) is 0 Å². The van der Waals surface area contributed by atoms with Gasteiger partial charge >= 0.3 is 6.09 Å². The highest BCUT2D eigenvalue weighted by Crippen LogP contribution is 2.29. The Bertz CT molecular complexity index is 515. The molecule has 19 heavy (non-hydrogen) atoms. The number of amides is 1. The summed E-state index contributed by atoms with van der Waals surface area (Å²) in [6.07, 6.45) is 3.25. The van der Waals surface area contributed by atoms with Gasteiger partial charge in [-0.1, -0.05) is 32.0 Å². The van der Waals surface area contributed by atoms with Gasteiger partial charge in [-0.25, -0.2) is 4.79 Å². The molecule has 0 saturated carbocycles. The van der Waals surface area contributed by atoms with Crippen molar-refractivity contribution >= 4 is 6.09 Å². The Balaban J connectivity index is 2.21. The quantitative estimate of drug-likeness (QED) is 0.813. The van der Waals surface area contributed by atoms with Crippen LogP contribution in [0, 0.1) is 0 Å². The third kappa shape index (κ3) is 2.98. The SMILES string of the molecule is CC(C)c1cccc2c1CC(OC(=O)N(C)C)=CC2. The minimum atomic E-state index is -0.309. The van der Waals surface area contributed by atoms with Crippen molar-refractivity contribution < 1.29 is 9.53 Å². The highest BCUT2D eigenvalue weighted by molar-refractivity contribution is 5.68. The molecule has 0 N–H and O–H groups in total. The van der Waals surface area contributed by atoms with Crippen LogP contribution in [0.15, 0.2) is 30.0 Å². The summed E-state index contributed by atoms with van der Waals surface area (Å²) in [6.45, 7) is 4.39. The van der Waals surface area contributed by atoms with E-state index in [2.05, 4.69) is 32.0 Å². The second kappa shape index (κ2) is 5.47. The van der Waals surface area contributed by atoms with Crippen molar-refractivity contribution in [1.29, 1.82) is 0 Å². The Kier molecular flexibility index (Phi) is 3.93. The minimum absolute atomic E-state index is 0.309. The fraction of sp³-hybridized carbons (Fsp3) is 0.438. The first-order valence-corrected chi connectivity index (χ1v) is 6.68. The molecule has 0 atom stereocenters. The predicted molar refractivity (Wildman–Crippen MR) is 76.2 cm³/mol. The molecule has 0 spiro atoms. The maximum absolute atomic E-state index is 11.6. The summed E-state index contributed by atoms with van der Waals surface area (Å²) in [7, 11) is 3.39. The highest BCUT2D eigenvalue weighted by atomic mass is 16.6. The Morgan fingerprint density at radius 2 is 2.05 bits per heavy atom. The second-order valence-electron chi connectivity index (χ2n) is 5.45. The van der Waals surface area contributed by atoms with Gasteiger partial charge in [0.25, 0.3) is 0 Å². The summed E-state index contributed by atoms with van der Waals surface area (Å²) in [6, 6.07) is 6.43. The zero-order valence-electron chi connectivity index (χ0n) is 12.1. The molecule has 0 aromatic heterocycles. The average molecular weight is 259 g/mol. The number of benzene rings is 1. The molecule has 1 aromatic rings. The molecule has 3 heteroatoms. The van der Waals surface area contributed by atoms with Crippen LogP contribution in [0.2, 0.25) is 0 Å². The van der Waals surface area contributed by atoms with Crippen molar-refractivity contribution in [3.8, 4) is 0 Å². The van der Waals surface area contributed by atoms with E-state index in [1.165, 1.54) is 21.6 Å². The Morgan fingerprint density at radius 1 is 1.32 bits per heavy atom. The van der Waals surface area contributed by atoms with Crippen LogP contribution in [0.5, 0.6) is 0 Å². The average Bonchev–Trinajstić information content (AvgIpc) is 2.37. The van der Waals surface area contributed by atoms with Crippen LogP contribution >= 0.6 is 0 Å². The summed E-state index contributed by atoms with van der Waals surface area (Å²) < 4.78 is 5.39. The topological polar surface area (TPSA) is 29.5 Å². The van der Waals surface area contributed by atoms with Crippen LogP contribution < -0.4 is 0 Å². The van der Waals surface area contributed by atoms with Crippen LogP contribution in [0.1, 0.15) is 36.5 Å². The molecule has 3 nitrogen and oxygen atoms in total. The Morgan fingerprint density at radius 3 is 2.68 bits per heavy atom. The number of nitrogens with zero attached hydrogens (tertiary/aromatic N) is 1. The number of hydrogen-bond donors (Lipinski definition) is 0.